The van der Waals surface area contributed by atoms with Gasteiger partial charge in [-0.15, -0.1) is 0 Å². The predicted octanol–water partition coefficient (Wildman–Crippen LogP) is 3.31. The Balaban J connectivity index is 1.49. The van der Waals surface area contributed by atoms with Crippen molar-refractivity contribution < 1.29 is 33.6 Å². The lowest BCUT2D eigenvalue weighted by molar-refractivity contribution is -0.141. The molecule has 6 rings (SSSR count). The van der Waals surface area contributed by atoms with Crippen molar-refractivity contribution in [3.8, 4) is 17.2 Å². The van der Waals surface area contributed by atoms with Gasteiger partial charge in [0.05, 0.1) is 36.8 Å². The number of ether oxygens (including phenoxy) is 4. The maximum Gasteiger partial charge on any atom is 0.374 e. The van der Waals surface area contributed by atoms with Crippen molar-refractivity contribution in [2.75, 3.05) is 20.3 Å². The van der Waals surface area contributed by atoms with Crippen molar-refractivity contribution in [1.29, 1.82) is 0 Å². The summed E-state index contributed by atoms with van der Waals surface area (Å²) in [5.41, 5.74) is 3.30. The number of rotatable bonds is 5. The Labute approximate surface area is 232 Å². The van der Waals surface area contributed by atoms with Crippen LogP contribution >= 0.6 is 0 Å². The monoisotopic (exact) mass is 543 g/mol. The van der Waals surface area contributed by atoms with Gasteiger partial charge in [-0.25, -0.2) is 4.79 Å². The number of carbonyl (C=O) groups excluding carboxylic acids is 2. The van der Waals surface area contributed by atoms with Crippen LogP contribution in [0.4, 0.5) is 0 Å². The molecule has 2 atom stereocenters. The Hall–Kier alpha value is -3.91. The SMILES string of the molecule is CCOC(=O)C1=CC(=C2CCC(=O)C(c3ccc4c(c3)=CCN=4)C2)c2c(cc3c(c2OC)CC(C(C)(C)O)O3)O1. The van der Waals surface area contributed by atoms with Crippen molar-refractivity contribution >= 4 is 23.4 Å². The molecule has 0 bridgehead atoms. The number of allylic oxidation sites excluding steroid dienone is 3. The quantitative estimate of drug-likeness (QED) is 0.577. The van der Waals surface area contributed by atoms with Gasteiger partial charge in [0.2, 0.25) is 5.76 Å². The van der Waals surface area contributed by atoms with E-state index in [9.17, 15) is 14.7 Å². The van der Waals surface area contributed by atoms with E-state index in [1.165, 1.54) is 0 Å². The van der Waals surface area contributed by atoms with E-state index < -0.39 is 17.7 Å². The minimum atomic E-state index is -1.07. The Kier molecular flexibility index (Phi) is 6.53. The number of nitrogens with zero attached hydrogens (tertiary/aromatic N) is 1. The van der Waals surface area contributed by atoms with Gasteiger partial charge < -0.3 is 24.1 Å². The summed E-state index contributed by atoms with van der Waals surface area (Å²) >= 11 is 0. The van der Waals surface area contributed by atoms with Crippen molar-refractivity contribution in [3.05, 3.63) is 68.9 Å². The number of aliphatic hydroxyl groups is 1. The van der Waals surface area contributed by atoms with Gasteiger partial charge in [0, 0.05) is 30.4 Å². The third kappa shape index (κ3) is 4.50. The number of ketones is 1. The number of hydrogen-bond acceptors (Lipinski definition) is 8. The molecule has 3 heterocycles. The molecular weight excluding hydrogens is 510 g/mol. The fraction of sp³-hybridized carbons (Fsp3) is 0.406. The van der Waals surface area contributed by atoms with Crippen LogP contribution in [-0.4, -0.2) is 48.8 Å². The first-order valence-corrected chi connectivity index (χ1v) is 13.8. The van der Waals surface area contributed by atoms with E-state index in [0.29, 0.717) is 49.5 Å². The van der Waals surface area contributed by atoms with Gasteiger partial charge in [-0.1, -0.05) is 17.7 Å². The third-order valence-corrected chi connectivity index (χ3v) is 8.12. The van der Waals surface area contributed by atoms with Crippen molar-refractivity contribution in [1.82, 2.24) is 0 Å². The molecule has 2 unspecified atom stereocenters. The zero-order chi connectivity index (χ0) is 28.2. The molecule has 0 amide bonds. The highest BCUT2D eigenvalue weighted by atomic mass is 16.6. The van der Waals surface area contributed by atoms with E-state index in [1.807, 2.05) is 12.1 Å². The molecule has 8 nitrogen and oxygen atoms in total. The Morgan fingerprint density at radius 1 is 1.18 bits per heavy atom. The Bertz CT molecular complexity index is 1610. The van der Waals surface area contributed by atoms with Crippen molar-refractivity contribution in [3.63, 3.8) is 0 Å². The highest BCUT2D eigenvalue weighted by molar-refractivity contribution is 5.98. The number of methoxy groups -OCH3 is 1. The topological polar surface area (TPSA) is 104 Å². The van der Waals surface area contributed by atoms with Gasteiger partial charge in [-0.3, -0.25) is 9.79 Å². The number of Topliss-reactive ketones (excluding diaryl/α,β-unsaturated/α-hetero) is 1. The number of benzene rings is 2. The zero-order valence-corrected chi connectivity index (χ0v) is 23.2. The minimum Gasteiger partial charge on any atom is -0.496 e. The summed E-state index contributed by atoms with van der Waals surface area (Å²) in [7, 11) is 1.60. The molecule has 1 saturated carbocycles. The number of carbonyl (C=O) groups is 2. The summed E-state index contributed by atoms with van der Waals surface area (Å²) < 4.78 is 23.4. The minimum absolute atomic E-state index is 0.0677. The largest absolute Gasteiger partial charge is 0.496 e. The molecule has 8 heteroatoms. The van der Waals surface area contributed by atoms with E-state index in [0.717, 1.165) is 38.4 Å². The summed E-state index contributed by atoms with van der Waals surface area (Å²) in [6, 6.07) is 7.81. The molecule has 0 radical (unpaired) electrons. The first kappa shape index (κ1) is 26.3. The third-order valence-electron chi connectivity index (χ3n) is 8.12. The predicted molar refractivity (Wildman–Crippen MR) is 148 cm³/mol. The van der Waals surface area contributed by atoms with Crippen LogP contribution in [-0.2, 0) is 20.7 Å². The lowest BCUT2D eigenvalue weighted by Crippen LogP contribution is -2.39. The van der Waals surface area contributed by atoms with Gasteiger partial charge in [0.15, 0.2) is 0 Å². The molecule has 0 spiro atoms. The van der Waals surface area contributed by atoms with Gasteiger partial charge in [0.1, 0.15) is 29.1 Å². The van der Waals surface area contributed by atoms with Crippen molar-refractivity contribution in [2.45, 2.75) is 64.1 Å². The van der Waals surface area contributed by atoms with Gasteiger partial charge in [-0.2, -0.15) is 0 Å². The van der Waals surface area contributed by atoms with Crippen LogP contribution in [0.2, 0.25) is 0 Å². The average molecular weight is 544 g/mol. The molecule has 3 aliphatic heterocycles. The van der Waals surface area contributed by atoms with Crippen molar-refractivity contribution in [2.24, 2.45) is 4.99 Å². The standard InChI is InChI=1S/C32H33NO7/c1-5-38-31(35)27-14-21(18-7-9-24(34)20(13-18)17-6-8-23-19(12-17)10-11-33-23)29-26(39-27)16-25-22(30(29)37-4)15-28(40-25)32(2,3)36/h6,8,10,12,14,16,20,28,36H,5,7,9,11,13,15H2,1-4H3. The lowest BCUT2D eigenvalue weighted by Gasteiger charge is -2.29. The van der Waals surface area contributed by atoms with Crippen LogP contribution in [0.3, 0.4) is 0 Å². The average Bonchev–Trinajstić information content (AvgIpc) is 3.58. The molecule has 40 heavy (non-hydrogen) atoms. The van der Waals surface area contributed by atoms with Gasteiger partial charge in [-0.05, 0) is 68.2 Å². The molecule has 1 aliphatic carbocycles. The highest BCUT2D eigenvalue weighted by Crippen LogP contribution is 2.52. The maximum atomic E-state index is 13.2. The van der Waals surface area contributed by atoms with E-state index in [4.69, 9.17) is 18.9 Å². The summed E-state index contributed by atoms with van der Waals surface area (Å²) in [5.74, 6) is 0.951. The molecule has 2 aromatic rings. The molecule has 2 aromatic carbocycles. The van der Waals surface area contributed by atoms with Gasteiger partial charge >= 0.3 is 5.97 Å². The first-order valence-electron chi connectivity index (χ1n) is 13.8. The van der Waals surface area contributed by atoms with E-state index in [2.05, 4.69) is 17.1 Å². The molecule has 0 saturated heterocycles. The first-order chi connectivity index (χ1) is 19.2. The molecule has 4 aliphatic rings. The van der Waals surface area contributed by atoms with Crippen LogP contribution in [0, 0.1) is 0 Å². The van der Waals surface area contributed by atoms with Crippen LogP contribution in [0.5, 0.6) is 17.2 Å². The van der Waals surface area contributed by atoms with Crippen LogP contribution in [0.15, 0.2) is 46.7 Å². The second-order valence-electron chi connectivity index (χ2n) is 11.2. The Morgan fingerprint density at radius 2 is 2.00 bits per heavy atom. The number of esters is 1. The van der Waals surface area contributed by atoms with E-state index >= 15 is 0 Å². The molecule has 208 valence electrons. The normalized spacial score (nSPS) is 23.0. The fourth-order valence-corrected chi connectivity index (χ4v) is 6.02. The smallest absolute Gasteiger partial charge is 0.374 e. The summed E-state index contributed by atoms with van der Waals surface area (Å²) in [5, 5.41) is 12.7. The number of hydrogen-bond donors (Lipinski definition) is 1. The summed E-state index contributed by atoms with van der Waals surface area (Å²) in [6.07, 6.45) is 5.26. The summed E-state index contributed by atoms with van der Waals surface area (Å²) in [4.78, 5) is 30.5. The second-order valence-corrected chi connectivity index (χ2v) is 11.2. The van der Waals surface area contributed by atoms with E-state index in [-0.39, 0.29) is 24.1 Å². The second kappa shape index (κ2) is 9.93. The van der Waals surface area contributed by atoms with Gasteiger partial charge in [0.25, 0.3) is 0 Å². The molecular formula is C32H33NO7. The number of fused-ring (bicyclic) bond motifs is 3. The fourth-order valence-electron chi connectivity index (χ4n) is 6.02. The molecule has 0 aromatic heterocycles. The van der Waals surface area contributed by atoms with Crippen LogP contribution in [0.1, 0.15) is 62.6 Å². The Morgan fingerprint density at radius 3 is 2.75 bits per heavy atom. The lowest BCUT2D eigenvalue weighted by atomic mass is 9.77. The molecule has 1 N–H and O–H groups in total. The van der Waals surface area contributed by atoms with E-state index in [1.54, 1.807) is 40.0 Å². The maximum absolute atomic E-state index is 13.2. The molecule has 1 fully saturated rings. The van der Waals surface area contributed by atoms with Crippen LogP contribution in [0.25, 0.3) is 11.6 Å². The zero-order valence-electron chi connectivity index (χ0n) is 23.2. The van der Waals surface area contributed by atoms with Crippen LogP contribution < -0.4 is 24.8 Å². The summed E-state index contributed by atoms with van der Waals surface area (Å²) in [6.45, 7) is 6.04. The highest BCUT2D eigenvalue weighted by Gasteiger charge is 2.40.